The molecule has 1 N–H and O–H groups in total. The first-order valence-electron chi connectivity index (χ1n) is 7.92. The van der Waals surface area contributed by atoms with E-state index in [9.17, 15) is 9.90 Å². The molecule has 1 fully saturated rings. The molecular formula is C17H21N3O3. The van der Waals surface area contributed by atoms with Crippen LogP contribution in [0.15, 0.2) is 28.8 Å². The molecule has 2 aromatic rings. The molecule has 122 valence electrons. The van der Waals surface area contributed by atoms with E-state index in [2.05, 4.69) is 10.1 Å². The number of aryl methyl sites for hydroxylation is 1. The Morgan fingerprint density at radius 1 is 1.39 bits per heavy atom. The highest BCUT2D eigenvalue weighted by molar-refractivity contribution is 5.94. The van der Waals surface area contributed by atoms with E-state index in [4.69, 9.17) is 4.52 Å². The fraction of sp³-hybridized carbons (Fsp3) is 0.471. The third-order valence-corrected chi connectivity index (χ3v) is 4.33. The monoisotopic (exact) mass is 315 g/mol. The fourth-order valence-electron chi connectivity index (χ4n) is 2.94. The number of carbonyl (C=O) groups is 1. The van der Waals surface area contributed by atoms with Gasteiger partial charge in [0.25, 0.3) is 11.8 Å². The predicted octanol–water partition coefficient (Wildman–Crippen LogP) is 2.28. The Bertz CT molecular complexity index is 679. The molecule has 0 bridgehead atoms. The van der Waals surface area contributed by atoms with Crippen molar-refractivity contribution in [3.05, 3.63) is 35.7 Å². The number of hydrogen-bond acceptors (Lipinski definition) is 5. The molecule has 3 rings (SSSR count). The van der Waals surface area contributed by atoms with Gasteiger partial charge in [0.2, 0.25) is 0 Å². The van der Waals surface area contributed by atoms with Crippen molar-refractivity contribution < 1.29 is 14.4 Å². The van der Waals surface area contributed by atoms with Gasteiger partial charge in [-0.3, -0.25) is 4.79 Å². The van der Waals surface area contributed by atoms with E-state index < -0.39 is 0 Å². The van der Waals surface area contributed by atoms with Crippen LogP contribution in [-0.2, 0) is 0 Å². The number of aromatic nitrogens is 2. The van der Waals surface area contributed by atoms with Crippen LogP contribution in [0.5, 0.6) is 0 Å². The van der Waals surface area contributed by atoms with E-state index in [1.807, 2.05) is 17.0 Å². The summed E-state index contributed by atoms with van der Waals surface area (Å²) in [6.07, 6.45) is 1.52. The van der Waals surface area contributed by atoms with E-state index in [1.54, 1.807) is 26.0 Å². The molecule has 0 aliphatic carbocycles. The minimum atomic E-state index is -0.381. The summed E-state index contributed by atoms with van der Waals surface area (Å²) in [5.41, 5.74) is 1.43. The molecule has 1 aliphatic heterocycles. The second kappa shape index (κ2) is 6.50. The molecule has 1 saturated heterocycles. The van der Waals surface area contributed by atoms with Crippen LogP contribution < -0.4 is 0 Å². The Kier molecular flexibility index (Phi) is 4.43. The zero-order chi connectivity index (χ0) is 16.4. The molecule has 1 aromatic carbocycles. The maximum absolute atomic E-state index is 12.6. The molecule has 1 aromatic heterocycles. The molecule has 0 saturated carbocycles. The van der Waals surface area contributed by atoms with Gasteiger partial charge in [-0.2, -0.15) is 4.98 Å². The Morgan fingerprint density at radius 3 is 2.74 bits per heavy atom. The number of rotatable bonds is 3. The normalized spacial score (nSPS) is 19.6. The molecule has 6 heteroatoms. The van der Waals surface area contributed by atoms with Crippen molar-refractivity contribution in [3.63, 3.8) is 0 Å². The molecule has 1 amide bonds. The topological polar surface area (TPSA) is 79.5 Å². The van der Waals surface area contributed by atoms with Crippen molar-refractivity contribution in [1.29, 1.82) is 0 Å². The van der Waals surface area contributed by atoms with Crippen molar-refractivity contribution in [3.8, 4) is 11.5 Å². The largest absolute Gasteiger partial charge is 0.393 e. The second-order valence-electron chi connectivity index (χ2n) is 6.12. The van der Waals surface area contributed by atoms with Crippen LogP contribution in [0.1, 0.15) is 35.9 Å². The van der Waals surface area contributed by atoms with Crippen LogP contribution in [0.25, 0.3) is 11.5 Å². The lowest BCUT2D eigenvalue weighted by atomic mass is 9.93. The average molecular weight is 315 g/mol. The molecule has 6 nitrogen and oxygen atoms in total. The Labute approximate surface area is 135 Å². The Morgan fingerprint density at radius 2 is 2.13 bits per heavy atom. The average Bonchev–Trinajstić information content (AvgIpc) is 3.01. The van der Waals surface area contributed by atoms with Gasteiger partial charge >= 0.3 is 0 Å². The highest BCUT2D eigenvalue weighted by Gasteiger charge is 2.27. The number of benzene rings is 1. The van der Waals surface area contributed by atoms with Gasteiger partial charge in [-0.1, -0.05) is 5.16 Å². The van der Waals surface area contributed by atoms with Crippen LogP contribution in [0, 0.1) is 12.8 Å². The van der Waals surface area contributed by atoms with Gasteiger partial charge in [0.15, 0.2) is 5.82 Å². The standard InChI is InChI=1S/C17H21N3O3/c1-11(21)15-4-3-9-20(10-15)17(22)14-7-5-13(6-8-14)16-18-12(2)19-23-16/h5-8,11,15,21H,3-4,9-10H2,1-2H3. The summed E-state index contributed by atoms with van der Waals surface area (Å²) >= 11 is 0. The predicted molar refractivity (Wildman–Crippen MR) is 84.8 cm³/mol. The summed E-state index contributed by atoms with van der Waals surface area (Å²) in [6.45, 7) is 4.91. The van der Waals surface area contributed by atoms with Gasteiger partial charge in [-0.15, -0.1) is 0 Å². The summed E-state index contributed by atoms with van der Waals surface area (Å²) in [5, 5.41) is 13.5. The maximum Gasteiger partial charge on any atom is 0.257 e. The zero-order valence-electron chi connectivity index (χ0n) is 13.4. The molecular weight excluding hydrogens is 294 g/mol. The quantitative estimate of drug-likeness (QED) is 0.940. The van der Waals surface area contributed by atoms with Gasteiger partial charge in [-0.25, -0.2) is 0 Å². The molecule has 1 aliphatic rings. The van der Waals surface area contributed by atoms with Crippen molar-refractivity contribution >= 4 is 5.91 Å². The summed E-state index contributed by atoms with van der Waals surface area (Å²) in [6, 6.07) is 7.19. The third kappa shape index (κ3) is 3.42. The van der Waals surface area contributed by atoms with Gasteiger partial charge in [0.1, 0.15) is 0 Å². The van der Waals surface area contributed by atoms with Crippen LogP contribution in [0.3, 0.4) is 0 Å². The number of likely N-dealkylation sites (tertiary alicyclic amines) is 1. The summed E-state index contributed by atoms with van der Waals surface area (Å²) in [7, 11) is 0. The number of hydrogen-bond donors (Lipinski definition) is 1. The maximum atomic E-state index is 12.6. The highest BCUT2D eigenvalue weighted by atomic mass is 16.5. The zero-order valence-corrected chi connectivity index (χ0v) is 13.4. The van der Waals surface area contributed by atoms with Gasteiger partial charge in [0, 0.05) is 30.1 Å². The molecule has 2 heterocycles. The minimum absolute atomic E-state index is 0.00334. The van der Waals surface area contributed by atoms with Crippen molar-refractivity contribution in [2.45, 2.75) is 32.8 Å². The Balaban J connectivity index is 1.72. The Hall–Kier alpha value is -2.21. The van der Waals surface area contributed by atoms with Crippen LogP contribution >= 0.6 is 0 Å². The SMILES string of the molecule is Cc1noc(-c2ccc(C(=O)N3CCCC(C(C)O)C3)cc2)n1. The number of aliphatic hydroxyl groups is 1. The molecule has 0 spiro atoms. The van der Waals surface area contributed by atoms with E-state index in [1.165, 1.54) is 0 Å². The fourth-order valence-corrected chi connectivity index (χ4v) is 2.94. The van der Waals surface area contributed by atoms with Crippen LogP contribution in [0.4, 0.5) is 0 Å². The summed E-state index contributed by atoms with van der Waals surface area (Å²) in [4.78, 5) is 18.6. The van der Waals surface area contributed by atoms with Gasteiger partial charge < -0.3 is 14.5 Å². The first-order chi connectivity index (χ1) is 11.0. The molecule has 2 unspecified atom stereocenters. The lowest BCUT2D eigenvalue weighted by Crippen LogP contribution is -2.42. The second-order valence-corrected chi connectivity index (χ2v) is 6.12. The van der Waals surface area contributed by atoms with Crippen LogP contribution in [-0.4, -0.2) is 45.2 Å². The van der Waals surface area contributed by atoms with E-state index in [0.717, 1.165) is 24.9 Å². The molecule has 0 radical (unpaired) electrons. The first-order valence-corrected chi connectivity index (χ1v) is 7.92. The number of carbonyl (C=O) groups excluding carboxylic acids is 1. The highest BCUT2D eigenvalue weighted by Crippen LogP contribution is 2.23. The number of amides is 1. The summed E-state index contributed by atoms with van der Waals surface area (Å²) in [5.74, 6) is 1.20. The van der Waals surface area contributed by atoms with E-state index >= 15 is 0 Å². The lowest BCUT2D eigenvalue weighted by molar-refractivity contribution is 0.0466. The smallest absolute Gasteiger partial charge is 0.257 e. The molecule has 23 heavy (non-hydrogen) atoms. The number of piperidine rings is 1. The minimum Gasteiger partial charge on any atom is -0.393 e. The van der Waals surface area contributed by atoms with Gasteiger partial charge in [-0.05, 0) is 51.0 Å². The van der Waals surface area contributed by atoms with E-state index in [0.29, 0.717) is 23.8 Å². The van der Waals surface area contributed by atoms with Crippen molar-refractivity contribution in [1.82, 2.24) is 15.0 Å². The van der Waals surface area contributed by atoms with Crippen LogP contribution in [0.2, 0.25) is 0 Å². The van der Waals surface area contributed by atoms with Gasteiger partial charge in [0.05, 0.1) is 6.10 Å². The lowest BCUT2D eigenvalue weighted by Gasteiger charge is -2.34. The van der Waals surface area contributed by atoms with E-state index in [-0.39, 0.29) is 17.9 Å². The number of aliphatic hydroxyl groups excluding tert-OH is 1. The van der Waals surface area contributed by atoms with Crippen molar-refractivity contribution in [2.75, 3.05) is 13.1 Å². The number of nitrogens with zero attached hydrogens (tertiary/aromatic N) is 3. The van der Waals surface area contributed by atoms with Crippen molar-refractivity contribution in [2.24, 2.45) is 5.92 Å². The first kappa shape index (κ1) is 15.7. The molecule has 2 atom stereocenters. The summed E-state index contributed by atoms with van der Waals surface area (Å²) < 4.78 is 5.12. The third-order valence-electron chi connectivity index (χ3n) is 4.33.